The molecule has 116 valence electrons. The van der Waals surface area contributed by atoms with Crippen molar-refractivity contribution in [2.45, 2.75) is 51.9 Å². The van der Waals surface area contributed by atoms with Crippen LogP contribution in [0.4, 0.5) is 10.5 Å². The van der Waals surface area contributed by atoms with Crippen molar-refractivity contribution < 1.29 is 4.79 Å². The molecule has 0 saturated heterocycles. The fraction of sp³-hybridized carbons (Fsp3) is 0.611. The van der Waals surface area contributed by atoms with Crippen molar-refractivity contribution in [1.29, 1.82) is 0 Å². The summed E-state index contributed by atoms with van der Waals surface area (Å²) < 4.78 is 0. The molecule has 0 bridgehead atoms. The van der Waals surface area contributed by atoms with Crippen LogP contribution in [0, 0.1) is 5.92 Å². The van der Waals surface area contributed by atoms with Crippen LogP contribution in [0.25, 0.3) is 0 Å². The smallest absolute Gasteiger partial charge is 0.321 e. The number of rotatable bonds is 5. The van der Waals surface area contributed by atoms with E-state index in [-0.39, 0.29) is 6.03 Å². The van der Waals surface area contributed by atoms with Crippen molar-refractivity contribution in [2.24, 2.45) is 5.92 Å². The Morgan fingerprint density at radius 3 is 2.67 bits per heavy atom. The van der Waals surface area contributed by atoms with E-state index in [1.54, 1.807) is 0 Å². The first-order valence-electron chi connectivity index (χ1n) is 8.30. The molecule has 0 spiro atoms. The predicted octanol–water partition coefficient (Wildman–Crippen LogP) is 4.68. The SMILES string of the molecule is CCCc1ccccc1NC(=O)N(C)CC1CCCCC1. The normalized spacial score (nSPS) is 15.7. The van der Waals surface area contributed by atoms with Crippen LogP contribution in [0.5, 0.6) is 0 Å². The summed E-state index contributed by atoms with van der Waals surface area (Å²) in [6.07, 6.45) is 8.62. The van der Waals surface area contributed by atoms with E-state index in [1.165, 1.54) is 37.7 Å². The van der Waals surface area contributed by atoms with E-state index in [0.29, 0.717) is 5.92 Å². The topological polar surface area (TPSA) is 32.3 Å². The molecule has 0 aliphatic heterocycles. The number of urea groups is 1. The van der Waals surface area contributed by atoms with Crippen molar-refractivity contribution in [3.8, 4) is 0 Å². The molecule has 21 heavy (non-hydrogen) atoms. The Labute approximate surface area is 128 Å². The van der Waals surface area contributed by atoms with Crippen LogP contribution >= 0.6 is 0 Å². The number of nitrogens with one attached hydrogen (secondary N) is 1. The molecule has 0 heterocycles. The van der Waals surface area contributed by atoms with Gasteiger partial charge in [-0.3, -0.25) is 0 Å². The first kappa shape index (κ1) is 15.9. The van der Waals surface area contributed by atoms with Gasteiger partial charge < -0.3 is 10.2 Å². The van der Waals surface area contributed by atoms with E-state index < -0.39 is 0 Å². The number of hydrogen-bond acceptors (Lipinski definition) is 1. The number of nitrogens with zero attached hydrogens (tertiary/aromatic N) is 1. The molecule has 2 rings (SSSR count). The van der Waals surface area contributed by atoms with E-state index in [4.69, 9.17) is 0 Å². The number of amides is 2. The number of carbonyl (C=O) groups is 1. The molecule has 1 saturated carbocycles. The molecule has 3 heteroatoms. The third kappa shape index (κ3) is 4.76. The van der Waals surface area contributed by atoms with Crippen molar-refractivity contribution in [1.82, 2.24) is 4.90 Å². The summed E-state index contributed by atoms with van der Waals surface area (Å²) >= 11 is 0. The minimum absolute atomic E-state index is 0.0177. The Balaban J connectivity index is 1.90. The van der Waals surface area contributed by atoms with Gasteiger partial charge >= 0.3 is 6.03 Å². The van der Waals surface area contributed by atoms with Crippen LogP contribution in [0.3, 0.4) is 0 Å². The first-order chi connectivity index (χ1) is 10.2. The second-order valence-electron chi connectivity index (χ2n) is 6.22. The summed E-state index contributed by atoms with van der Waals surface area (Å²) in [5.74, 6) is 0.681. The van der Waals surface area contributed by atoms with Crippen molar-refractivity contribution in [2.75, 3.05) is 18.9 Å². The molecule has 0 atom stereocenters. The molecular weight excluding hydrogens is 260 g/mol. The molecule has 2 amide bonds. The minimum Gasteiger partial charge on any atom is -0.327 e. The van der Waals surface area contributed by atoms with Gasteiger partial charge in [-0.2, -0.15) is 0 Å². The predicted molar refractivity (Wildman–Crippen MR) is 88.7 cm³/mol. The zero-order valence-electron chi connectivity index (χ0n) is 13.4. The van der Waals surface area contributed by atoms with Crippen LogP contribution in [0.1, 0.15) is 51.0 Å². The van der Waals surface area contributed by atoms with E-state index >= 15 is 0 Å². The van der Waals surface area contributed by atoms with E-state index in [9.17, 15) is 4.79 Å². The monoisotopic (exact) mass is 288 g/mol. The maximum Gasteiger partial charge on any atom is 0.321 e. The van der Waals surface area contributed by atoms with Gasteiger partial charge in [0.05, 0.1) is 0 Å². The second-order valence-corrected chi connectivity index (χ2v) is 6.22. The molecule has 3 nitrogen and oxygen atoms in total. The highest BCUT2D eigenvalue weighted by atomic mass is 16.2. The Bertz CT molecular complexity index is 452. The first-order valence-corrected chi connectivity index (χ1v) is 8.30. The highest BCUT2D eigenvalue weighted by molar-refractivity contribution is 5.90. The van der Waals surface area contributed by atoms with Crippen molar-refractivity contribution >= 4 is 11.7 Å². The van der Waals surface area contributed by atoms with E-state index in [1.807, 2.05) is 30.1 Å². The fourth-order valence-electron chi connectivity index (χ4n) is 3.18. The average Bonchev–Trinajstić information content (AvgIpc) is 2.50. The lowest BCUT2D eigenvalue weighted by molar-refractivity contribution is 0.205. The number of aryl methyl sites for hydroxylation is 1. The number of anilines is 1. The third-order valence-electron chi connectivity index (χ3n) is 4.38. The van der Waals surface area contributed by atoms with E-state index in [0.717, 1.165) is 25.1 Å². The van der Waals surface area contributed by atoms with Crippen LogP contribution in [-0.2, 0) is 6.42 Å². The van der Waals surface area contributed by atoms with Gasteiger partial charge in [0.15, 0.2) is 0 Å². The number of benzene rings is 1. The molecule has 0 aromatic heterocycles. The molecule has 0 unspecified atom stereocenters. The Kier molecular flexibility index (Phi) is 6.09. The van der Waals surface area contributed by atoms with Gasteiger partial charge in [-0.15, -0.1) is 0 Å². The summed E-state index contributed by atoms with van der Waals surface area (Å²) in [5, 5.41) is 3.07. The lowest BCUT2D eigenvalue weighted by atomic mass is 9.89. The molecular formula is C18H28N2O. The van der Waals surface area contributed by atoms with Gasteiger partial charge in [-0.25, -0.2) is 4.79 Å². The van der Waals surface area contributed by atoms with Gasteiger partial charge in [-0.1, -0.05) is 50.8 Å². The third-order valence-corrected chi connectivity index (χ3v) is 4.38. The van der Waals surface area contributed by atoms with Gasteiger partial charge in [0, 0.05) is 19.3 Å². The van der Waals surface area contributed by atoms with Gasteiger partial charge in [0.25, 0.3) is 0 Å². The zero-order valence-corrected chi connectivity index (χ0v) is 13.4. The van der Waals surface area contributed by atoms with Crippen LogP contribution in [-0.4, -0.2) is 24.5 Å². The lowest BCUT2D eigenvalue weighted by Gasteiger charge is -2.27. The molecule has 1 aromatic carbocycles. The summed E-state index contributed by atoms with van der Waals surface area (Å²) in [6, 6.07) is 8.13. The highest BCUT2D eigenvalue weighted by Gasteiger charge is 2.18. The van der Waals surface area contributed by atoms with Gasteiger partial charge in [0.2, 0.25) is 0 Å². The fourth-order valence-corrected chi connectivity index (χ4v) is 3.18. The quantitative estimate of drug-likeness (QED) is 0.838. The Morgan fingerprint density at radius 2 is 1.95 bits per heavy atom. The maximum absolute atomic E-state index is 12.4. The lowest BCUT2D eigenvalue weighted by Crippen LogP contribution is -2.36. The summed E-state index contributed by atoms with van der Waals surface area (Å²) in [6.45, 7) is 3.04. The second kappa shape index (κ2) is 8.06. The number of para-hydroxylation sites is 1. The number of carbonyl (C=O) groups excluding carboxylic acids is 1. The van der Waals surface area contributed by atoms with Gasteiger partial charge in [-0.05, 0) is 36.8 Å². The zero-order chi connectivity index (χ0) is 15.1. The Morgan fingerprint density at radius 1 is 1.24 bits per heavy atom. The molecule has 0 radical (unpaired) electrons. The standard InChI is InChI=1S/C18H28N2O/c1-3-9-16-12-7-8-13-17(16)19-18(21)20(2)14-15-10-5-4-6-11-15/h7-8,12-13,15H,3-6,9-11,14H2,1-2H3,(H,19,21). The summed E-state index contributed by atoms with van der Waals surface area (Å²) in [4.78, 5) is 14.2. The maximum atomic E-state index is 12.4. The molecule has 1 N–H and O–H groups in total. The largest absolute Gasteiger partial charge is 0.327 e. The summed E-state index contributed by atoms with van der Waals surface area (Å²) in [5.41, 5.74) is 2.18. The van der Waals surface area contributed by atoms with Gasteiger partial charge in [0.1, 0.15) is 0 Å². The Hall–Kier alpha value is -1.51. The number of hydrogen-bond donors (Lipinski definition) is 1. The minimum atomic E-state index is 0.0177. The van der Waals surface area contributed by atoms with Crippen molar-refractivity contribution in [3.05, 3.63) is 29.8 Å². The molecule has 1 aliphatic rings. The van der Waals surface area contributed by atoms with Crippen LogP contribution in [0.15, 0.2) is 24.3 Å². The highest BCUT2D eigenvalue weighted by Crippen LogP contribution is 2.24. The van der Waals surface area contributed by atoms with Crippen LogP contribution in [0.2, 0.25) is 0 Å². The van der Waals surface area contributed by atoms with E-state index in [2.05, 4.69) is 18.3 Å². The van der Waals surface area contributed by atoms with Crippen molar-refractivity contribution in [3.63, 3.8) is 0 Å². The average molecular weight is 288 g/mol. The molecule has 1 aromatic rings. The summed E-state index contributed by atoms with van der Waals surface area (Å²) in [7, 11) is 1.91. The molecule has 1 aliphatic carbocycles. The van der Waals surface area contributed by atoms with Crippen LogP contribution < -0.4 is 5.32 Å². The molecule has 1 fully saturated rings.